The van der Waals surface area contributed by atoms with Crippen LogP contribution in [-0.4, -0.2) is 201 Å². The number of nitrogens with zero attached hydrogens (tertiary/aromatic N) is 16. The van der Waals surface area contributed by atoms with Gasteiger partial charge in [0.15, 0.2) is 0 Å². The Bertz CT molecular complexity index is 4060. The molecule has 16 rings (SSSR count). The Morgan fingerprint density at radius 1 is 0.406 bits per heavy atom. The first-order chi connectivity index (χ1) is 49.8. The van der Waals surface area contributed by atoms with Gasteiger partial charge in [0.25, 0.3) is 0 Å². The third-order valence-corrected chi connectivity index (χ3v) is 20.3. The van der Waals surface area contributed by atoms with E-state index in [1.165, 1.54) is 6.42 Å². The highest BCUT2D eigenvalue weighted by molar-refractivity contribution is 5.87. The molecule has 0 radical (unpaired) electrons. The number of nitrogens with one attached hydrogen (secondary N) is 3. The van der Waals surface area contributed by atoms with Gasteiger partial charge in [0.2, 0.25) is 11.9 Å². The molecule has 7 fully saturated rings. The fraction of sp³-hybridized carbons (Fsp3) is 0.507. The maximum Gasteiger partial charge on any atom is 0.222 e. The average molecular weight is 1370 g/mol. The van der Waals surface area contributed by atoms with Crippen molar-refractivity contribution in [3.05, 3.63) is 122 Å². The number of rotatable bonds is 20. The van der Waals surface area contributed by atoms with E-state index >= 15 is 0 Å². The highest BCUT2D eigenvalue weighted by Crippen LogP contribution is 2.38. The normalized spacial score (nSPS) is 21.7. The standard InChI is InChI=1S/C26H35N7O2.C25H31N7O2.C24H29N5O3/c1-3-32(4-2)21-17-29-26(30-18-21)31-19-5-7-22(8-6-19)35-24-16-20(33-11-13-34-14-12-33)15-23-25(24)28-10-9-27-23;1-8-31(9-1)20-16-28-25(29-17-20)30-18-2-4-21(5-3-18)34-23-15-19(32-10-12-33-13-11-32)14-22-24(23)27-7-6-26-22;30-16-17-1-6-23(27-15-17)28-18-2-4-20(5-3-18)32-22-14-19(29-9-11-31-12-10-29)13-21-24(22)26-8-7-25-21/h9-10,15-19,22H,3-8,11-14H2,1-2H3,(H,29,30,31);6-7,14-18,21H,1-5,8-13H2,(H,28,29,30);1,6-8,13-15,18,20,30H,2-5,9-12,16H2,(H,27,28). The molecule has 4 N–H and O–H groups in total. The van der Waals surface area contributed by atoms with Crippen LogP contribution < -0.4 is 54.7 Å². The Morgan fingerprint density at radius 3 is 1.12 bits per heavy atom. The summed E-state index contributed by atoms with van der Waals surface area (Å²) in [5.41, 5.74) is 11.4. The molecular formula is C75H95N19O7. The maximum absolute atomic E-state index is 9.17. The Morgan fingerprint density at radius 2 is 0.772 bits per heavy atom. The van der Waals surface area contributed by atoms with Crippen LogP contribution in [-0.2, 0) is 20.8 Å². The number of fused-ring (bicyclic) bond motifs is 3. The lowest BCUT2D eigenvalue weighted by atomic mass is 9.93. The monoisotopic (exact) mass is 1370 g/mol. The molecule has 3 saturated carbocycles. The van der Waals surface area contributed by atoms with Crippen molar-refractivity contribution in [1.29, 1.82) is 0 Å². The number of aromatic nitrogens is 11. The molecule has 10 heterocycles. The summed E-state index contributed by atoms with van der Waals surface area (Å²) >= 11 is 0. The van der Waals surface area contributed by atoms with Gasteiger partial charge in [-0.05, 0) is 127 Å². The summed E-state index contributed by atoms with van der Waals surface area (Å²) in [7, 11) is 0. The van der Waals surface area contributed by atoms with E-state index < -0.39 is 0 Å². The molecule has 6 aromatic heterocycles. The molecule has 0 unspecified atom stereocenters. The van der Waals surface area contributed by atoms with Gasteiger partial charge in [-0.15, -0.1) is 0 Å². The van der Waals surface area contributed by atoms with Crippen molar-refractivity contribution in [2.24, 2.45) is 0 Å². The van der Waals surface area contributed by atoms with Crippen molar-refractivity contribution in [3.8, 4) is 17.2 Å². The molecule has 0 spiro atoms. The van der Waals surface area contributed by atoms with Crippen molar-refractivity contribution in [2.45, 2.75) is 140 Å². The SMILES string of the molecule is CCN(CC)c1cnc(NC2CCC(Oc3cc(N4CCOCC4)cc4nccnc34)CC2)nc1.OCc1ccc(NC2CCC(Oc3cc(N4CCOCC4)cc4nccnc34)CC2)nc1.c1cnc2c(OC3CCC(Nc4ncc(N5CCC5)cn4)CC3)cc(N3CCOCC3)cc2n1. The van der Waals surface area contributed by atoms with Gasteiger partial charge in [-0.2, -0.15) is 0 Å². The van der Waals surface area contributed by atoms with Crippen molar-refractivity contribution in [3.63, 3.8) is 0 Å². The number of anilines is 8. The summed E-state index contributed by atoms with van der Waals surface area (Å²) in [4.78, 5) is 61.4. The third-order valence-electron chi connectivity index (χ3n) is 20.3. The minimum Gasteiger partial charge on any atom is -0.488 e. The molecule has 26 nitrogen and oxygen atoms in total. The lowest BCUT2D eigenvalue weighted by Crippen LogP contribution is -2.37. The Balaban J connectivity index is 0.000000129. The average Bonchev–Trinajstić information content (AvgIpc) is 0.812. The van der Waals surface area contributed by atoms with E-state index in [1.807, 2.05) is 36.9 Å². The predicted molar refractivity (Wildman–Crippen MR) is 393 cm³/mol. The Labute approximate surface area is 590 Å². The van der Waals surface area contributed by atoms with Crippen LogP contribution in [0, 0.1) is 0 Å². The fourth-order valence-corrected chi connectivity index (χ4v) is 14.3. The second-order valence-corrected chi connectivity index (χ2v) is 26.9. The molecule has 532 valence electrons. The molecule has 4 saturated heterocycles. The van der Waals surface area contributed by atoms with Gasteiger partial charge in [0.1, 0.15) is 39.6 Å². The highest BCUT2D eigenvalue weighted by Gasteiger charge is 2.29. The number of ether oxygens (including phenoxy) is 6. The van der Waals surface area contributed by atoms with Gasteiger partial charge in [0, 0.05) is 162 Å². The van der Waals surface area contributed by atoms with Gasteiger partial charge in [-0.1, -0.05) is 6.07 Å². The number of hydrogen-bond donors (Lipinski definition) is 4. The molecule has 101 heavy (non-hydrogen) atoms. The zero-order valence-corrected chi connectivity index (χ0v) is 58.2. The second kappa shape index (κ2) is 33.9. The summed E-state index contributed by atoms with van der Waals surface area (Å²) in [5, 5.41) is 19.7. The van der Waals surface area contributed by atoms with Crippen LogP contribution in [0.2, 0.25) is 0 Å². The summed E-state index contributed by atoms with van der Waals surface area (Å²) in [6, 6.07) is 17.6. The van der Waals surface area contributed by atoms with E-state index in [1.54, 1.807) is 43.4 Å². The number of aliphatic hydroxyl groups is 1. The van der Waals surface area contributed by atoms with Crippen LogP contribution in [0.1, 0.15) is 103 Å². The Kier molecular flexibility index (Phi) is 23.1. The molecule has 3 aliphatic carbocycles. The number of aliphatic hydroxyl groups excluding tert-OH is 1. The molecule has 0 bridgehead atoms. The smallest absolute Gasteiger partial charge is 0.222 e. The van der Waals surface area contributed by atoms with E-state index in [-0.39, 0.29) is 24.9 Å². The van der Waals surface area contributed by atoms with E-state index in [0.717, 1.165) is 272 Å². The predicted octanol–water partition coefficient (Wildman–Crippen LogP) is 10.3. The topological polar surface area (TPSA) is 270 Å². The number of pyridine rings is 1. The van der Waals surface area contributed by atoms with E-state index in [0.29, 0.717) is 30.0 Å². The molecule has 0 atom stereocenters. The van der Waals surface area contributed by atoms with Crippen molar-refractivity contribution >= 4 is 79.3 Å². The largest absolute Gasteiger partial charge is 0.488 e. The maximum atomic E-state index is 9.17. The van der Waals surface area contributed by atoms with E-state index in [9.17, 15) is 0 Å². The van der Waals surface area contributed by atoms with Crippen LogP contribution in [0.4, 0.5) is 46.2 Å². The fourth-order valence-electron chi connectivity index (χ4n) is 14.3. The molecule has 0 amide bonds. The molecule has 9 aromatic rings. The number of hydrogen-bond acceptors (Lipinski definition) is 26. The van der Waals surface area contributed by atoms with Gasteiger partial charge in [-0.25, -0.2) is 39.9 Å². The molecular weight excluding hydrogens is 1280 g/mol. The zero-order valence-electron chi connectivity index (χ0n) is 58.2. The summed E-state index contributed by atoms with van der Waals surface area (Å²) < 4.78 is 36.1. The lowest BCUT2D eigenvalue weighted by Gasteiger charge is -2.33. The first kappa shape index (κ1) is 68.7. The zero-order chi connectivity index (χ0) is 68.5. The highest BCUT2D eigenvalue weighted by atomic mass is 16.5. The summed E-state index contributed by atoms with van der Waals surface area (Å²) in [6.07, 6.45) is 33.4. The minimum absolute atomic E-state index is 0.0154. The van der Waals surface area contributed by atoms with Gasteiger partial charge in [0.05, 0.1) is 117 Å². The first-order valence-corrected chi connectivity index (χ1v) is 36.5. The number of morpholine rings is 3. The molecule has 26 heteroatoms. The lowest BCUT2D eigenvalue weighted by molar-refractivity contribution is 0.122. The summed E-state index contributed by atoms with van der Waals surface area (Å²) in [6.45, 7) is 18.1. The third kappa shape index (κ3) is 17.9. The van der Waals surface area contributed by atoms with Gasteiger partial charge < -0.3 is 74.0 Å². The van der Waals surface area contributed by atoms with Crippen molar-refractivity contribution in [1.82, 2.24) is 54.8 Å². The van der Waals surface area contributed by atoms with Crippen LogP contribution >= 0.6 is 0 Å². The minimum atomic E-state index is 0.0154. The quantitative estimate of drug-likeness (QED) is 0.0552. The van der Waals surface area contributed by atoms with E-state index in [4.69, 9.17) is 33.5 Å². The van der Waals surface area contributed by atoms with Crippen LogP contribution in [0.15, 0.2) is 117 Å². The molecule has 3 aromatic carbocycles. The molecule has 7 aliphatic rings. The first-order valence-electron chi connectivity index (χ1n) is 36.5. The van der Waals surface area contributed by atoms with Gasteiger partial charge >= 0.3 is 0 Å². The second-order valence-electron chi connectivity index (χ2n) is 26.9. The summed E-state index contributed by atoms with van der Waals surface area (Å²) in [5.74, 6) is 4.73. The van der Waals surface area contributed by atoms with E-state index in [2.05, 4.69) is 146 Å². The van der Waals surface area contributed by atoms with Gasteiger partial charge in [-0.3, -0.25) is 15.0 Å². The van der Waals surface area contributed by atoms with Crippen LogP contribution in [0.5, 0.6) is 17.2 Å². The number of benzene rings is 3. The Hall–Kier alpha value is -9.37. The van der Waals surface area contributed by atoms with Crippen molar-refractivity contribution < 1.29 is 33.5 Å². The van der Waals surface area contributed by atoms with Crippen molar-refractivity contribution in [2.75, 3.05) is 146 Å². The molecule has 4 aliphatic heterocycles. The van der Waals surface area contributed by atoms with Crippen LogP contribution in [0.25, 0.3) is 33.1 Å². The van der Waals surface area contributed by atoms with Crippen LogP contribution in [0.3, 0.4) is 0 Å².